The first-order chi connectivity index (χ1) is 10.2. The minimum Gasteiger partial charge on any atom is -0.493 e. The third kappa shape index (κ3) is 3.57. The summed E-state index contributed by atoms with van der Waals surface area (Å²) in [5.41, 5.74) is 0. The molecule has 1 aliphatic rings. The van der Waals surface area contributed by atoms with Crippen molar-refractivity contribution in [2.24, 2.45) is 4.99 Å². The Morgan fingerprint density at radius 2 is 1.90 bits per heavy atom. The van der Waals surface area contributed by atoms with Gasteiger partial charge in [0.15, 0.2) is 11.5 Å². The molecular formula is C14H16N2O5. The fourth-order valence-corrected chi connectivity index (χ4v) is 1.80. The summed E-state index contributed by atoms with van der Waals surface area (Å²) < 4.78 is 15.4. The van der Waals surface area contributed by atoms with Crippen LogP contribution in [-0.2, 0) is 14.3 Å². The average Bonchev–Trinajstić information content (AvgIpc) is 2.49. The highest BCUT2D eigenvalue weighted by Gasteiger charge is 2.34. The molecule has 0 spiro atoms. The summed E-state index contributed by atoms with van der Waals surface area (Å²) in [5.74, 6) is -0.161. The summed E-state index contributed by atoms with van der Waals surface area (Å²) in [6, 6.07) is 6.77. The minimum absolute atomic E-state index is 0.284. The van der Waals surface area contributed by atoms with E-state index in [4.69, 9.17) is 14.2 Å². The second kappa shape index (κ2) is 6.85. The first kappa shape index (κ1) is 15.0. The van der Waals surface area contributed by atoms with Crippen LogP contribution in [0.5, 0.6) is 11.5 Å². The number of amidine groups is 1. The lowest BCUT2D eigenvalue weighted by molar-refractivity contribution is -0.137. The molecule has 1 N–H and O–H groups in total. The van der Waals surface area contributed by atoms with Gasteiger partial charge in [0.05, 0.1) is 13.7 Å². The highest BCUT2D eigenvalue weighted by Crippen LogP contribution is 2.27. The first-order valence-corrected chi connectivity index (χ1v) is 6.36. The number of carbonyl (C=O) groups excluding carboxylic acids is 2. The zero-order valence-electron chi connectivity index (χ0n) is 11.8. The fourth-order valence-electron chi connectivity index (χ4n) is 1.80. The third-order valence-electron chi connectivity index (χ3n) is 2.83. The number of carbonyl (C=O) groups is 2. The zero-order valence-corrected chi connectivity index (χ0v) is 11.8. The van der Waals surface area contributed by atoms with Crippen LogP contribution in [0.4, 0.5) is 0 Å². The molecule has 21 heavy (non-hydrogen) atoms. The molecule has 7 heteroatoms. The third-order valence-corrected chi connectivity index (χ3v) is 2.83. The van der Waals surface area contributed by atoms with Crippen molar-refractivity contribution in [2.45, 2.75) is 12.5 Å². The van der Waals surface area contributed by atoms with Crippen LogP contribution in [0, 0.1) is 0 Å². The molecule has 0 aliphatic carbocycles. The summed E-state index contributed by atoms with van der Waals surface area (Å²) in [7, 11) is 3.01. The van der Waals surface area contributed by atoms with Gasteiger partial charge in [-0.15, -0.1) is 0 Å². The van der Waals surface area contributed by atoms with E-state index in [1.165, 1.54) is 14.2 Å². The molecule has 0 saturated heterocycles. The molecule has 1 aliphatic heterocycles. The molecule has 0 aromatic heterocycles. The highest BCUT2D eigenvalue weighted by atomic mass is 16.5. The van der Waals surface area contributed by atoms with Gasteiger partial charge in [0.25, 0.3) is 17.9 Å². The van der Waals surface area contributed by atoms with Crippen molar-refractivity contribution >= 4 is 17.6 Å². The molecule has 1 atom stereocenters. The van der Waals surface area contributed by atoms with E-state index in [1.54, 1.807) is 24.3 Å². The van der Waals surface area contributed by atoms with Crippen molar-refractivity contribution in [1.82, 2.24) is 5.32 Å². The van der Waals surface area contributed by atoms with Crippen LogP contribution in [0.15, 0.2) is 29.3 Å². The number of para-hydroxylation sites is 2. The Hall–Kier alpha value is -2.41. The van der Waals surface area contributed by atoms with Crippen LogP contribution in [0.2, 0.25) is 0 Å². The zero-order chi connectivity index (χ0) is 15.2. The van der Waals surface area contributed by atoms with Crippen molar-refractivity contribution in [3.05, 3.63) is 24.3 Å². The summed E-state index contributed by atoms with van der Waals surface area (Å²) in [6.45, 7) is 0.366. The monoisotopic (exact) mass is 292 g/mol. The minimum atomic E-state index is -1.31. The number of amides is 2. The molecule has 0 saturated carbocycles. The maximum Gasteiger partial charge on any atom is 0.298 e. The van der Waals surface area contributed by atoms with Crippen LogP contribution >= 0.6 is 0 Å². The van der Waals surface area contributed by atoms with E-state index in [0.29, 0.717) is 24.5 Å². The van der Waals surface area contributed by atoms with Crippen molar-refractivity contribution in [2.75, 3.05) is 20.8 Å². The topological polar surface area (TPSA) is 86.2 Å². The summed E-state index contributed by atoms with van der Waals surface area (Å²) >= 11 is 0. The van der Waals surface area contributed by atoms with Gasteiger partial charge in [-0.2, -0.15) is 4.99 Å². The number of hydrogen-bond acceptors (Lipinski definition) is 5. The number of methoxy groups -OCH3 is 2. The van der Waals surface area contributed by atoms with Gasteiger partial charge in [0.1, 0.15) is 5.84 Å². The number of benzene rings is 1. The van der Waals surface area contributed by atoms with Gasteiger partial charge in [0, 0.05) is 13.5 Å². The predicted octanol–water partition coefficient (Wildman–Crippen LogP) is 0.534. The fraction of sp³-hybridized carbons (Fsp3) is 0.357. The largest absolute Gasteiger partial charge is 0.493 e. The normalized spacial score (nSPS) is 18.0. The second-order valence-corrected chi connectivity index (χ2v) is 4.28. The van der Waals surface area contributed by atoms with Crippen molar-refractivity contribution in [3.63, 3.8) is 0 Å². The van der Waals surface area contributed by atoms with Gasteiger partial charge in [-0.25, -0.2) is 0 Å². The van der Waals surface area contributed by atoms with E-state index in [9.17, 15) is 9.59 Å². The standard InChI is InChI=1S/C14H16N2O5/c1-19-8-7-11-15-13(17)12(14(18)16-11)21-10-6-4-3-5-9(10)20-2/h3-6,12H,7-8H2,1-2H3,(H,15,16,17,18). The number of nitrogens with one attached hydrogen (secondary N) is 1. The molecule has 1 aromatic rings. The van der Waals surface area contributed by atoms with E-state index in [2.05, 4.69) is 10.3 Å². The molecular weight excluding hydrogens is 276 g/mol. The summed E-state index contributed by atoms with van der Waals surface area (Å²) in [4.78, 5) is 27.7. The Bertz CT molecular complexity index is 570. The molecule has 0 bridgehead atoms. The summed E-state index contributed by atoms with van der Waals surface area (Å²) in [5, 5.41) is 2.53. The van der Waals surface area contributed by atoms with Gasteiger partial charge in [-0.3, -0.25) is 9.59 Å². The molecule has 0 radical (unpaired) electrons. The van der Waals surface area contributed by atoms with Gasteiger partial charge in [0.2, 0.25) is 0 Å². The Labute approximate surface area is 121 Å². The van der Waals surface area contributed by atoms with E-state index >= 15 is 0 Å². The van der Waals surface area contributed by atoms with Crippen molar-refractivity contribution in [1.29, 1.82) is 0 Å². The lowest BCUT2D eigenvalue weighted by Crippen LogP contribution is -2.50. The predicted molar refractivity (Wildman–Crippen MR) is 74.5 cm³/mol. The van der Waals surface area contributed by atoms with Gasteiger partial charge in [-0.05, 0) is 12.1 Å². The molecule has 1 heterocycles. The number of rotatable bonds is 6. The second-order valence-electron chi connectivity index (χ2n) is 4.28. The van der Waals surface area contributed by atoms with Crippen LogP contribution in [0.1, 0.15) is 6.42 Å². The molecule has 1 unspecified atom stereocenters. The molecule has 2 amide bonds. The van der Waals surface area contributed by atoms with Gasteiger partial charge >= 0.3 is 0 Å². The number of nitrogens with zero attached hydrogens (tertiary/aromatic N) is 1. The molecule has 112 valence electrons. The quantitative estimate of drug-likeness (QED) is 0.773. The number of aliphatic imine (C=N–C) groups is 1. The van der Waals surface area contributed by atoms with Crippen LogP contribution < -0.4 is 14.8 Å². The smallest absolute Gasteiger partial charge is 0.298 e. The van der Waals surface area contributed by atoms with Gasteiger partial charge in [-0.1, -0.05) is 12.1 Å². The van der Waals surface area contributed by atoms with Crippen molar-refractivity contribution in [3.8, 4) is 11.5 Å². The number of ether oxygens (including phenoxy) is 3. The Kier molecular flexibility index (Phi) is 4.89. The Morgan fingerprint density at radius 1 is 1.19 bits per heavy atom. The van der Waals surface area contributed by atoms with Crippen LogP contribution in [0.25, 0.3) is 0 Å². The lowest BCUT2D eigenvalue weighted by Gasteiger charge is -2.21. The molecule has 1 aromatic carbocycles. The average molecular weight is 292 g/mol. The van der Waals surface area contributed by atoms with Crippen LogP contribution in [-0.4, -0.2) is 44.6 Å². The van der Waals surface area contributed by atoms with Crippen LogP contribution in [0.3, 0.4) is 0 Å². The molecule has 0 fully saturated rings. The van der Waals surface area contributed by atoms with E-state index in [-0.39, 0.29) is 5.84 Å². The SMILES string of the molecule is COCCC1=NC(=O)C(Oc2ccccc2OC)C(=O)N1. The van der Waals surface area contributed by atoms with Gasteiger partial charge < -0.3 is 19.5 Å². The lowest BCUT2D eigenvalue weighted by atomic mass is 10.2. The highest BCUT2D eigenvalue weighted by molar-refractivity contribution is 6.18. The molecule has 2 rings (SSSR count). The maximum atomic E-state index is 12.0. The molecule has 7 nitrogen and oxygen atoms in total. The van der Waals surface area contributed by atoms with Crippen molar-refractivity contribution < 1.29 is 23.8 Å². The van der Waals surface area contributed by atoms with E-state index in [1.807, 2.05) is 0 Å². The van der Waals surface area contributed by atoms with E-state index in [0.717, 1.165) is 0 Å². The first-order valence-electron chi connectivity index (χ1n) is 6.36. The summed E-state index contributed by atoms with van der Waals surface area (Å²) in [6.07, 6.45) is -0.956. The number of hydrogen-bond donors (Lipinski definition) is 1. The Morgan fingerprint density at radius 3 is 2.52 bits per heavy atom. The maximum absolute atomic E-state index is 12.0. The van der Waals surface area contributed by atoms with E-state index < -0.39 is 17.9 Å². The Balaban J connectivity index is 2.12.